The molecule has 0 fully saturated rings. The molecule has 2 amide bonds. The Kier molecular flexibility index (Phi) is 30.4. The molecule has 0 aromatic heterocycles. The predicted octanol–water partition coefficient (Wildman–Crippen LogP) is 0.873. The van der Waals surface area contributed by atoms with E-state index in [0.29, 0.717) is 144 Å². The summed E-state index contributed by atoms with van der Waals surface area (Å²) in [4.78, 5) is 29.3. The van der Waals surface area contributed by atoms with Crippen molar-refractivity contribution in [2.45, 2.75) is 25.7 Å². The van der Waals surface area contributed by atoms with Crippen LogP contribution in [0.25, 0.3) is 0 Å². The number of amides is 2. The number of carbonyl (C=O) groups excluding carboxylic acids is 2. The Bertz CT molecular complexity index is 573. The largest absolute Gasteiger partial charge is 0.382 e. The van der Waals surface area contributed by atoms with Gasteiger partial charge in [0, 0.05) is 67.5 Å². The molecule has 0 saturated heterocycles. The monoisotopic (exact) mass is 596 g/mol. The molecule has 0 heterocycles. The molecule has 0 aliphatic carbocycles. The fraction of sp³-hybridized carbons (Fsp3) is 0.929. The quantitative estimate of drug-likeness (QED) is 0.103. The molecule has 0 atom stereocenters. The molecule has 244 valence electrons. The highest BCUT2D eigenvalue weighted by molar-refractivity contribution is 5.77. The zero-order chi connectivity index (χ0) is 30.2. The van der Waals surface area contributed by atoms with E-state index < -0.39 is 0 Å². The van der Waals surface area contributed by atoms with Crippen molar-refractivity contribution in [2.24, 2.45) is 0 Å². The van der Waals surface area contributed by atoms with Gasteiger partial charge in [0.2, 0.25) is 11.8 Å². The van der Waals surface area contributed by atoms with E-state index in [1.54, 1.807) is 38.2 Å². The molecule has 0 saturated carbocycles. The van der Waals surface area contributed by atoms with Crippen molar-refractivity contribution in [1.29, 1.82) is 0 Å². The van der Waals surface area contributed by atoms with E-state index in [1.165, 1.54) is 0 Å². The van der Waals surface area contributed by atoms with Gasteiger partial charge < -0.3 is 52.4 Å². The van der Waals surface area contributed by atoms with Gasteiger partial charge in [-0.3, -0.25) is 9.59 Å². The van der Waals surface area contributed by atoms with Crippen molar-refractivity contribution in [1.82, 2.24) is 9.80 Å². The lowest BCUT2D eigenvalue weighted by atomic mass is 10.1. The molecule has 13 heteroatoms. The van der Waals surface area contributed by atoms with Crippen LogP contribution < -0.4 is 0 Å². The highest BCUT2D eigenvalue weighted by Crippen LogP contribution is 2.07. The Hall–Kier alpha value is -1.42. The first-order chi connectivity index (χ1) is 20.1. The molecular formula is C28H56N2O11. The number of methoxy groups -OCH3 is 4. The van der Waals surface area contributed by atoms with Crippen LogP contribution in [0, 0.1) is 0 Å². The van der Waals surface area contributed by atoms with Gasteiger partial charge in [0.25, 0.3) is 0 Å². The van der Waals surface area contributed by atoms with Crippen LogP contribution in [-0.4, -0.2) is 169 Å². The number of ether oxygens (including phenoxy) is 9. The summed E-state index contributed by atoms with van der Waals surface area (Å²) in [5, 5.41) is 0. The lowest BCUT2D eigenvalue weighted by Crippen LogP contribution is -2.37. The van der Waals surface area contributed by atoms with Crippen molar-refractivity contribution in [3.05, 3.63) is 0 Å². The predicted molar refractivity (Wildman–Crippen MR) is 153 cm³/mol. The third kappa shape index (κ3) is 26.0. The van der Waals surface area contributed by atoms with Gasteiger partial charge in [0.15, 0.2) is 0 Å². The topological polar surface area (TPSA) is 124 Å². The summed E-state index contributed by atoms with van der Waals surface area (Å²) < 4.78 is 47.6. The van der Waals surface area contributed by atoms with E-state index in [4.69, 9.17) is 42.6 Å². The summed E-state index contributed by atoms with van der Waals surface area (Å²) in [5.41, 5.74) is 0. The average Bonchev–Trinajstić information content (AvgIpc) is 2.97. The van der Waals surface area contributed by atoms with Crippen LogP contribution in [0.1, 0.15) is 25.7 Å². The smallest absolute Gasteiger partial charge is 0.222 e. The number of unbranched alkanes of at least 4 members (excludes halogenated alkanes) is 1. The minimum Gasteiger partial charge on any atom is -0.382 e. The summed E-state index contributed by atoms with van der Waals surface area (Å²) in [6, 6.07) is 0. The van der Waals surface area contributed by atoms with E-state index >= 15 is 0 Å². The zero-order valence-corrected chi connectivity index (χ0v) is 25.9. The molecule has 0 spiro atoms. The van der Waals surface area contributed by atoms with Gasteiger partial charge >= 0.3 is 0 Å². The Labute approximate surface area is 246 Å². The Balaban J connectivity index is 4.53. The molecule has 0 aliphatic rings. The first-order valence-electron chi connectivity index (χ1n) is 14.5. The second-order valence-corrected chi connectivity index (χ2v) is 9.00. The molecule has 0 bridgehead atoms. The molecule has 41 heavy (non-hydrogen) atoms. The van der Waals surface area contributed by atoms with Crippen molar-refractivity contribution < 1.29 is 52.2 Å². The summed E-state index contributed by atoms with van der Waals surface area (Å²) in [7, 11) is 6.48. The van der Waals surface area contributed by atoms with Gasteiger partial charge in [-0.05, 0) is 12.8 Å². The van der Waals surface area contributed by atoms with Gasteiger partial charge in [-0.2, -0.15) is 0 Å². The van der Waals surface area contributed by atoms with Crippen LogP contribution in [0.5, 0.6) is 0 Å². The molecule has 0 N–H and O–H groups in total. The number of hydrogen-bond acceptors (Lipinski definition) is 11. The van der Waals surface area contributed by atoms with Crippen LogP contribution >= 0.6 is 0 Å². The van der Waals surface area contributed by atoms with Crippen LogP contribution in [-0.2, 0) is 52.2 Å². The normalized spacial score (nSPS) is 11.2. The number of hydrogen-bond donors (Lipinski definition) is 0. The van der Waals surface area contributed by atoms with Crippen molar-refractivity contribution in [2.75, 3.05) is 147 Å². The Morgan fingerprint density at radius 3 is 0.902 bits per heavy atom. The van der Waals surface area contributed by atoms with E-state index in [1.807, 2.05) is 0 Å². The van der Waals surface area contributed by atoms with E-state index in [2.05, 4.69) is 0 Å². The summed E-state index contributed by atoms with van der Waals surface area (Å²) >= 11 is 0. The minimum atomic E-state index is 0.0164. The molecule has 0 aromatic carbocycles. The minimum absolute atomic E-state index is 0.0164. The highest BCUT2D eigenvalue weighted by Gasteiger charge is 2.16. The first kappa shape index (κ1) is 39.6. The number of rotatable bonds is 32. The Morgan fingerprint density at radius 1 is 0.390 bits per heavy atom. The van der Waals surface area contributed by atoms with Crippen molar-refractivity contribution >= 4 is 11.8 Å². The van der Waals surface area contributed by atoms with E-state index in [-0.39, 0.29) is 11.8 Å². The fourth-order valence-electron chi connectivity index (χ4n) is 3.49. The first-order valence-corrected chi connectivity index (χ1v) is 14.5. The highest BCUT2D eigenvalue weighted by atomic mass is 16.5. The SMILES string of the molecule is COCCOCCOCCN(CCOCCOC)C(=O)CCCCC(=O)N(CCOCCOC)CCOCCOC. The standard InChI is InChI=1S/C28H56N2O11/c1-33-17-21-37-13-9-29(10-14-38-22-18-34-2)27(31)7-5-6-8-28(32)30(11-15-39-23-19-35-3)12-16-40-25-26-41-24-20-36-4/h5-26H2,1-4H3. The van der Waals surface area contributed by atoms with E-state index in [0.717, 1.165) is 0 Å². The third-order valence-electron chi connectivity index (χ3n) is 5.86. The second kappa shape index (κ2) is 31.5. The Morgan fingerprint density at radius 2 is 0.634 bits per heavy atom. The maximum Gasteiger partial charge on any atom is 0.222 e. The maximum absolute atomic E-state index is 12.9. The summed E-state index contributed by atoms with van der Waals surface area (Å²) in [6.07, 6.45) is 1.94. The van der Waals surface area contributed by atoms with Crippen LogP contribution in [0.2, 0.25) is 0 Å². The van der Waals surface area contributed by atoms with Crippen molar-refractivity contribution in [3.8, 4) is 0 Å². The molecule has 0 rings (SSSR count). The van der Waals surface area contributed by atoms with Gasteiger partial charge in [0.1, 0.15) is 0 Å². The van der Waals surface area contributed by atoms with E-state index in [9.17, 15) is 9.59 Å². The van der Waals surface area contributed by atoms with Crippen LogP contribution in [0.3, 0.4) is 0 Å². The molecule has 0 radical (unpaired) electrons. The second-order valence-electron chi connectivity index (χ2n) is 9.00. The summed E-state index contributed by atoms with van der Waals surface area (Å²) in [5.74, 6) is 0.0373. The van der Waals surface area contributed by atoms with Crippen molar-refractivity contribution in [3.63, 3.8) is 0 Å². The van der Waals surface area contributed by atoms with Crippen LogP contribution in [0.15, 0.2) is 0 Å². The van der Waals surface area contributed by atoms with Gasteiger partial charge in [-0.25, -0.2) is 0 Å². The zero-order valence-electron chi connectivity index (χ0n) is 25.9. The molecule has 0 aliphatic heterocycles. The molecule has 13 nitrogen and oxygen atoms in total. The van der Waals surface area contributed by atoms with Gasteiger partial charge in [-0.1, -0.05) is 0 Å². The molecule has 0 aromatic rings. The number of carbonyl (C=O) groups is 2. The number of nitrogens with zero attached hydrogens (tertiary/aromatic N) is 2. The maximum atomic E-state index is 12.9. The fourth-order valence-corrected chi connectivity index (χ4v) is 3.49. The lowest BCUT2D eigenvalue weighted by molar-refractivity contribution is -0.134. The van der Waals surface area contributed by atoms with Gasteiger partial charge in [0.05, 0.1) is 92.5 Å². The summed E-state index contributed by atoms with van der Waals surface area (Å²) in [6.45, 7) is 8.49. The lowest BCUT2D eigenvalue weighted by Gasteiger charge is -2.24. The third-order valence-corrected chi connectivity index (χ3v) is 5.86. The van der Waals surface area contributed by atoms with Gasteiger partial charge in [-0.15, -0.1) is 0 Å². The average molecular weight is 597 g/mol. The molecule has 0 unspecified atom stereocenters. The van der Waals surface area contributed by atoms with Crippen LogP contribution in [0.4, 0.5) is 0 Å². The molecular weight excluding hydrogens is 540 g/mol.